The zero-order valence-corrected chi connectivity index (χ0v) is 17.2. The molecular formula is C22H34N2O2. The molecule has 1 saturated carbocycles. The van der Waals surface area contributed by atoms with Crippen LogP contribution in [-0.2, 0) is 9.59 Å². The van der Waals surface area contributed by atoms with E-state index in [-0.39, 0.29) is 11.8 Å². The lowest BCUT2D eigenvalue weighted by atomic mass is 9.92. The molecule has 2 amide bonds. The first-order chi connectivity index (χ1) is 12.2. The Kier molecular flexibility index (Phi) is 6.48. The van der Waals surface area contributed by atoms with Gasteiger partial charge in [-0.25, -0.2) is 0 Å². The van der Waals surface area contributed by atoms with E-state index < -0.39 is 5.41 Å². The van der Waals surface area contributed by atoms with Crippen molar-refractivity contribution < 1.29 is 9.59 Å². The highest BCUT2D eigenvalue weighted by Gasteiger charge is 2.57. The van der Waals surface area contributed by atoms with Gasteiger partial charge in [0.25, 0.3) is 0 Å². The van der Waals surface area contributed by atoms with Crippen LogP contribution < -0.4 is 5.32 Å². The van der Waals surface area contributed by atoms with E-state index in [9.17, 15) is 9.59 Å². The first kappa shape index (κ1) is 20.5. The summed E-state index contributed by atoms with van der Waals surface area (Å²) in [4.78, 5) is 27.7. The summed E-state index contributed by atoms with van der Waals surface area (Å²) in [5, 5.41) is 3.15. The van der Waals surface area contributed by atoms with Crippen molar-refractivity contribution in [1.82, 2.24) is 4.90 Å². The molecule has 0 bridgehead atoms. The van der Waals surface area contributed by atoms with Crippen molar-refractivity contribution in [2.45, 2.75) is 72.1 Å². The van der Waals surface area contributed by atoms with Crippen LogP contribution in [0.25, 0.3) is 0 Å². The minimum Gasteiger partial charge on any atom is -0.345 e. The number of rotatable bonds is 8. The summed E-state index contributed by atoms with van der Waals surface area (Å²) >= 11 is 0. The molecule has 1 aromatic carbocycles. The van der Waals surface area contributed by atoms with Crippen molar-refractivity contribution in [3.05, 3.63) is 29.3 Å². The summed E-state index contributed by atoms with van der Waals surface area (Å²) in [6.45, 7) is 11.3. The fraction of sp³-hybridized carbons (Fsp3) is 0.636. The third kappa shape index (κ3) is 4.11. The quantitative estimate of drug-likeness (QED) is 0.671. The lowest BCUT2D eigenvalue weighted by Crippen LogP contribution is -2.41. The van der Waals surface area contributed by atoms with Crippen molar-refractivity contribution in [2.75, 3.05) is 18.9 Å². The number of hydrogen-bond donors (Lipinski definition) is 1. The van der Waals surface area contributed by atoms with Gasteiger partial charge in [0.1, 0.15) is 5.41 Å². The molecule has 26 heavy (non-hydrogen) atoms. The first-order valence-corrected chi connectivity index (χ1v) is 9.94. The minimum absolute atomic E-state index is 0.0309. The molecule has 0 aromatic heterocycles. The highest BCUT2D eigenvalue weighted by atomic mass is 16.2. The largest absolute Gasteiger partial charge is 0.345 e. The molecule has 4 heteroatoms. The van der Waals surface area contributed by atoms with Gasteiger partial charge in [0.15, 0.2) is 0 Å². The van der Waals surface area contributed by atoms with Gasteiger partial charge in [0.2, 0.25) is 11.8 Å². The minimum atomic E-state index is -0.860. The van der Waals surface area contributed by atoms with Crippen LogP contribution in [0.3, 0.4) is 0 Å². The molecule has 0 radical (unpaired) electrons. The number of hydrogen-bond acceptors (Lipinski definition) is 2. The number of unbranched alkanes of at least 4 members (excludes halogenated alkanes) is 1. The molecule has 0 atom stereocenters. The van der Waals surface area contributed by atoms with Crippen LogP contribution in [0.2, 0.25) is 0 Å². The molecule has 1 fully saturated rings. The summed E-state index contributed by atoms with van der Waals surface area (Å²) in [5.41, 5.74) is 2.30. The fourth-order valence-electron chi connectivity index (χ4n) is 3.45. The Bertz CT molecular complexity index is 634. The Labute approximate surface area is 158 Å². The van der Waals surface area contributed by atoms with Crippen molar-refractivity contribution in [3.63, 3.8) is 0 Å². The number of nitrogens with zero attached hydrogens (tertiary/aromatic N) is 1. The molecule has 144 valence electrons. The summed E-state index contributed by atoms with van der Waals surface area (Å²) < 4.78 is 0. The van der Waals surface area contributed by atoms with Crippen LogP contribution >= 0.6 is 0 Å². The van der Waals surface area contributed by atoms with Crippen LogP contribution in [0.5, 0.6) is 0 Å². The van der Waals surface area contributed by atoms with Crippen LogP contribution in [0, 0.1) is 5.41 Å². The van der Waals surface area contributed by atoms with Gasteiger partial charge < -0.3 is 10.2 Å². The Hall–Kier alpha value is -1.84. The predicted octanol–water partition coefficient (Wildman–Crippen LogP) is 4.91. The second-order valence-corrected chi connectivity index (χ2v) is 8.24. The van der Waals surface area contributed by atoms with Gasteiger partial charge in [-0.05, 0) is 42.2 Å². The van der Waals surface area contributed by atoms with Crippen LogP contribution in [-0.4, -0.2) is 30.3 Å². The standard InChI is InChI=1S/C22H34N2O2/c1-7-8-14-24(6)21(26)22(12-13-22)20(25)23-19-17(15(2)3)10-9-11-18(19)16(4)5/h9-11,15-16H,7-8,12-14H2,1-6H3,(H,23,25). The molecule has 1 N–H and O–H groups in total. The van der Waals surface area contributed by atoms with E-state index in [1.165, 1.54) is 0 Å². The molecule has 1 aromatic rings. The molecule has 0 unspecified atom stereocenters. The average molecular weight is 359 g/mol. The van der Waals surface area contributed by atoms with Crippen molar-refractivity contribution in [3.8, 4) is 0 Å². The summed E-state index contributed by atoms with van der Waals surface area (Å²) in [6, 6.07) is 6.19. The molecule has 4 nitrogen and oxygen atoms in total. The maximum Gasteiger partial charge on any atom is 0.240 e. The van der Waals surface area contributed by atoms with Gasteiger partial charge in [0, 0.05) is 19.3 Å². The van der Waals surface area contributed by atoms with E-state index in [0.717, 1.165) is 29.7 Å². The molecule has 1 aliphatic rings. The average Bonchev–Trinajstić information content (AvgIpc) is 3.40. The summed E-state index contributed by atoms with van der Waals surface area (Å²) in [7, 11) is 1.81. The lowest BCUT2D eigenvalue weighted by Gasteiger charge is -2.25. The summed E-state index contributed by atoms with van der Waals surface area (Å²) in [5.74, 6) is 0.446. The van der Waals surface area contributed by atoms with E-state index in [4.69, 9.17) is 0 Å². The fourth-order valence-corrected chi connectivity index (χ4v) is 3.45. The third-order valence-corrected chi connectivity index (χ3v) is 5.40. The predicted molar refractivity (Wildman–Crippen MR) is 107 cm³/mol. The van der Waals surface area contributed by atoms with E-state index in [1.807, 2.05) is 7.05 Å². The Morgan fingerprint density at radius 3 is 2.08 bits per heavy atom. The molecular weight excluding hydrogens is 324 g/mol. The first-order valence-electron chi connectivity index (χ1n) is 9.94. The number of amides is 2. The van der Waals surface area contributed by atoms with E-state index in [2.05, 4.69) is 58.1 Å². The molecule has 0 saturated heterocycles. The number of carbonyl (C=O) groups excluding carboxylic acids is 2. The van der Waals surface area contributed by atoms with Gasteiger partial charge in [0.05, 0.1) is 0 Å². The van der Waals surface area contributed by atoms with Crippen molar-refractivity contribution in [1.29, 1.82) is 0 Å². The smallest absolute Gasteiger partial charge is 0.240 e. The third-order valence-electron chi connectivity index (χ3n) is 5.40. The Balaban J connectivity index is 2.26. The number of carbonyl (C=O) groups is 2. The van der Waals surface area contributed by atoms with Crippen LogP contribution in [0.4, 0.5) is 5.69 Å². The molecule has 2 rings (SSSR count). The molecule has 0 spiro atoms. The SMILES string of the molecule is CCCCN(C)C(=O)C1(C(=O)Nc2c(C(C)C)cccc2C(C)C)CC1. The molecule has 0 aliphatic heterocycles. The van der Waals surface area contributed by atoms with Gasteiger partial charge in [-0.2, -0.15) is 0 Å². The van der Waals surface area contributed by atoms with E-state index in [1.54, 1.807) is 4.90 Å². The van der Waals surface area contributed by atoms with Gasteiger partial charge in [-0.15, -0.1) is 0 Å². The monoisotopic (exact) mass is 358 g/mol. The highest BCUT2D eigenvalue weighted by molar-refractivity contribution is 6.13. The normalized spacial score (nSPS) is 15.2. The number of nitrogens with one attached hydrogen (secondary N) is 1. The zero-order chi connectivity index (χ0) is 19.5. The maximum atomic E-state index is 13.1. The molecule has 0 heterocycles. The second-order valence-electron chi connectivity index (χ2n) is 8.24. The zero-order valence-electron chi connectivity index (χ0n) is 17.2. The van der Waals surface area contributed by atoms with Gasteiger partial charge in [-0.3, -0.25) is 9.59 Å². The van der Waals surface area contributed by atoms with E-state index >= 15 is 0 Å². The Morgan fingerprint density at radius 2 is 1.65 bits per heavy atom. The lowest BCUT2D eigenvalue weighted by molar-refractivity contribution is -0.141. The van der Waals surface area contributed by atoms with Crippen LogP contribution in [0.15, 0.2) is 18.2 Å². The Morgan fingerprint density at radius 1 is 1.12 bits per heavy atom. The number of para-hydroxylation sites is 1. The second kappa shape index (κ2) is 8.24. The summed E-state index contributed by atoms with van der Waals surface area (Å²) in [6.07, 6.45) is 3.30. The topological polar surface area (TPSA) is 49.4 Å². The maximum absolute atomic E-state index is 13.1. The van der Waals surface area contributed by atoms with Gasteiger partial charge >= 0.3 is 0 Å². The number of benzene rings is 1. The molecule has 1 aliphatic carbocycles. The number of anilines is 1. The van der Waals surface area contributed by atoms with Crippen molar-refractivity contribution in [2.24, 2.45) is 5.41 Å². The van der Waals surface area contributed by atoms with E-state index in [0.29, 0.717) is 31.2 Å². The van der Waals surface area contributed by atoms with Crippen LogP contribution in [0.1, 0.15) is 83.3 Å². The van der Waals surface area contributed by atoms with Crippen molar-refractivity contribution >= 4 is 17.5 Å². The van der Waals surface area contributed by atoms with Gasteiger partial charge in [-0.1, -0.05) is 59.2 Å². The highest BCUT2D eigenvalue weighted by Crippen LogP contribution is 2.48.